The summed E-state index contributed by atoms with van der Waals surface area (Å²) in [5, 5.41) is 3.29. The first-order valence-corrected chi connectivity index (χ1v) is 6.14. The highest BCUT2D eigenvalue weighted by Crippen LogP contribution is 2.14. The van der Waals surface area contributed by atoms with Gasteiger partial charge in [-0.2, -0.15) is 0 Å². The van der Waals surface area contributed by atoms with E-state index in [2.05, 4.69) is 19.2 Å². The summed E-state index contributed by atoms with van der Waals surface area (Å²) in [7, 11) is 1.67. The number of ether oxygens (including phenoxy) is 1. The van der Waals surface area contributed by atoms with Gasteiger partial charge in [-0.05, 0) is 39.3 Å². The van der Waals surface area contributed by atoms with Crippen molar-refractivity contribution in [3.05, 3.63) is 0 Å². The van der Waals surface area contributed by atoms with Gasteiger partial charge in [0.05, 0.1) is 6.61 Å². The molecule has 0 saturated carbocycles. The number of nitrogens with one attached hydrogen (secondary N) is 1. The van der Waals surface area contributed by atoms with Crippen LogP contribution in [0.15, 0.2) is 0 Å². The van der Waals surface area contributed by atoms with Crippen LogP contribution in [0.4, 0.5) is 0 Å². The molecule has 1 atom stereocenters. The molecule has 1 fully saturated rings. The summed E-state index contributed by atoms with van der Waals surface area (Å²) in [6, 6.07) is 0.261. The Morgan fingerprint density at radius 2 is 2.31 bits per heavy atom. The van der Waals surface area contributed by atoms with Crippen LogP contribution in [-0.2, 0) is 9.53 Å². The SMILES string of the molecule is COCCN(C(=O)CC1CCNC1)C(C)C. The van der Waals surface area contributed by atoms with Crippen LogP contribution in [0.3, 0.4) is 0 Å². The molecule has 1 rings (SSSR count). The maximum absolute atomic E-state index is 12.1. The Morgan fingerprint density at radius 3 is 2.81 bits per heavy atom. The number of hydrogen-bond acceptors (Lipinski definition) is 3. The molecular weight excluding hydrogens is 204 g/mol. The quantitative estimate of drug-likeness (QED) is 0.733. The van der Waals surface area contributed by atoms with Gasteiger partial charge in [-0.3, -0.25) is 4.79 Å². The summed E-state index contributed by atoms with van der Waals surface area (Å²) in [5.41, 5.74) is 0. The van der Waals surface area contributed by atoms with Gasteiger partial charge in [0.2, 0.25) is 5.91 Å². The van der Waals surface area contributed by atoms with Gasteiger partial charge in [-0.15, -0.1) is 0 Å². The first-order valence-electron chi connectivity index (χ1n) is 6.14. The van der Waals surface area contributed by atoms with Crippen molar-refractivity contribution in [2.45, 2.75) is 32.7 Å². The molecular formula is C12H24N2O2. The molecule has 94 valence electrons. The van der Waals surface area contributed by atoms with Gasteiger partial charge in [0.15, 0.2) is 0 Å². The Labute approximate surface area is 98.3 Å². The van der Waals surface area contributed by atoms with Crippen molar-refractivity contribution < 1.29 is 9.53 Å². The fourth-order valence-electron chi connectivity index (χ4n) is 2.11. The van der Waals surface area contributed by atoms with Crippen LogP contribution in [0.1, 0.15) is 26.7 Å². The van der Waals surface area contributed by atoms with Crippen molar-refractivity contribution in [3.8, 4) is 0 Å². The molecule has 1 saturated heterocycles. The smallest absolute Gasteiger partial charge is 0.223 e. The van der Waals surface area contributed by atoms with Crippen molar-refractivity contribution in [1.82, 2.24) is 10.2 Å². The molecule has 0 bridgehead atoms. The van der Waals surface area contributed by atoms with Crippen LogP contribution < -0.4 is 5.32 Å². The summed E-state index contributed by atoms with van der Waals surface area (Å²) in [5.74, 6) is 0.789. The first-order chi connectivity index (χ1) is 7.65. The predicted octanol–water partition coefficient (Wildman–Crippen LogP) is 0.869. The Morgan fingerprint density at radius 1 is 1.56 bits per heavy atom. The minimum atomic E-state index is 0.261. The van der Waals surface area contributed by atoms with E-state index in [9.17, 15) is 4.79 Å². The number of nitrogens with zero attached hydrogens (tertiary/aromatic N) is 1. The Bertz CT molecular complexity index is 213. The highest BCUT2D eigenvalue weighted by molar-refractivity contribution is 5.76. The van der Waals surface area contributed by atoms with Gasteiger partial charge >= 0.3 is 0 Å². The molecule has 1 unspecified atom stereocenters. The van der Waals surface area contributed by atoms with Gasteiger partial charge < -0.3 is 15.0 Å². The lowest BCUT2D eigenvalue weighted by Gasteiger charge is -2.27. The molecule has 0 radical (unpaired) electrons. The molecule has 1 aliphatic rings. The number of methoxy groups -OCH3 is 1. The summed E-state index contributed by atoms with van der Waals surface area (Å²) >= 11 is 0. The Kier molecular flexibility index (Phi) is 5.77. The highest BCUT2D eigenvalue weighted by Gasteiger charge is 2.23. The summed E-state index contributed by atoms with van der Waals surface area (Å²) < 4.78 is 5.04. The van der Waals surface area contributed by atoms with Crippen molar-refractivity contribution in [3.63, 3.8) is 0 Å². The number of hydrogen-bond donors (Lipinski definition) is 1. The van der Waals surface area contributed by atoms with E-state index in [1.165, 1.54) is 0 Å². The van der Waals surface area contributed by atoms with E-state index in [0.29, 0.717) is 25.5 Å². The minimum absolute atomic E-state index is 0.261. The maximum atomic E-state index is 12.1. The van der Waals surface area contributed by atoms with E-state index < -0.39 is 0 Å². The van der Waals surface area contributed by atoms with Crippen molar-refractivity contribution in [2.24, 2.45) is 5.92 Å². The number of carbonyl (C=O) groups excluding carboxylic acids is 1. The van der Waals surface area contributed by atoms with Crippen LogP contribution in [-0.4, -0.2) is 50.2 Å². The monoisotopic (exact) mass is 228 g/mol. The second-order valence-electron chi connectivity index (χ2n) is 4.74. The lowest BCUT2D eigenvalue weighted by molar-refractivity contribution is -0.134. The molecule has 0 aromatic rings. The molecule has 4 heteroatoms. The third kappa shape index (κ3) is 4.10. The van der Waals surface area contributed by atoms with Crippen molar-refractivity contribution in [2.75, 3.05) is 33.4 Å². The van der Waals surface area contributed by atoms with Crippen molar-refractivity contribution in [1.29, 1.82) is 0 Å². The highest BCUT2D eigenvalue weighted by atomic mass is 16.5. The molecule has 1 amide bonds. The fraction of sp³-hybridized carbons (Fsp3) is 0.917. The van der Waals surface area contributed by atoms with E-state index in [1.807, 2.05) is 4.90 Å². The minimum Gasteiger partial charge on any atom is -0.383 e. The molecule has 0 aliphatic carbocycles. The Balaban J connectivity index is 2.39. The normalized spacial score (nSPS) is 20.4. The van der Waals surface area contributed by atoms with Crippen LogP contribution >= 0.6 is 0 Å². The largest absolute Gasteiger partial charge is 0.383 e. The average molecular weight is 228 g/mol. The van der Waals surface area contributed by atoms with Crippen molar-refractivity contribution >= 4 is 5.91 Å². The number of carbonyl (C=O) groups is 1. The van der Waals surface area contributed by atoms with E-state index in [0.717, 1.165) is 19.5 Å². The van der Waals surface area contributed by atoms with E-state index >= 15 is 0 Å². The summed E-state index contributed by atoms with van der Waals surface area (Å²) in [4.78, 5) is 14.0. The van der Waals surface area contributed by atoms with Crippen LogP contribution in [0.5, 0.6) is 0 Å². The van der Waals surface area contributed by atoms with E-state index in [-0.39, 0.29) is 11.9 Å². The van der Waals surface area contributed by atoms with Gasteiger partial charge in [0, 0.05) is 26.1 Å². The van der Waals surface area contributed by atoms with Crippen LogP contribution in [0, 0.1) is 5.92 Å². The van der Waals surface area contributed by atoms with Gasteiger partial charge in [-0.1, -0.05) is 0 Å². The fourth-order valence-corrected chi connectivity index (χ4v) is 2.11. The van der Waals surface area contributed by atoms with Gasteiger partial charge in [-0.25, -0.2) is 0 Å². The van der Waals surface area contributed by atoms with Crippen LogP contribution in [0.25, 0.3) is 0 Å². The standard InChI is InChI=1S/C12H24N2O2/c1-10(2)14(6-7-16-3)12(15)8-11-4-5-13-9-11/h10-11,13H,4-9H2,1-3H3. The van der Waals surface area contributed by atoms with Crippen LogP contribution in [0.2, 0.25) is 0 Å². The zero-order valence-corrected chi connectivity index (χ0v) is 10.7. The third-order valence-corrected chi connectivity index (χ3v) is 3.11. The zero-order chi connectivity index (χ0) is 12.0. The molecule has 1 N–H and O–H groups in total. The van der Waals surface area contributed by atoms with E-state index in [4.69, 9.17) is 4.74 Å². The molecule has 0 aromatic carbocycles. The molecule has 1 aliphatic heterocycles. The molecule has 0 aromatic heterocycles. The average Bonchev–Trinajstić information content (AvgIpc) is 2.70. The summed E-state index contributed by atoms with van der Waals surface area (Å²) in [6.45, 7) is 7.47. The predicted molar refractivity (Wildman–Crippen MR) is 64.3 cm³/mol. The summed E-state index contributed by atoms with van der Waals surface area (Å²) in [6.07, 6.45) is 1.80. The molecule has 16 heavy (non-hydrogen) atoms. The second kappa shape index (κ2) is 6.86. The lowest BCUT2D eigenvalue weighted by atomic mass is 10.0. The topological polar surface area (TPSA) is 41.6 Å². The number of amides is 1. The lowest BCUT2D eigenvalue weighted by Crippen LogP contribution is -2.40. The van der Waals surface area contributed by atoms with Gasteiger partial charge in [0.1, 0.15) is 0 Å². The zero-order valence-electron chi connectivity index (χ0n) is 10.7. The Hall–Kier alpha value is -0.610. The number of rotatable bonds is 6. The molecule has 1 heterocycles. The third-order valence-electron chi connectivity index (χ3n) is 3.11. The first kappa shape index (κ1) is 13.5. The second-order valence-corrected chi connectivity index (χ2v) is 4.74. The van der Waals surface area contributed by atoms with E-state index in [1.54, 1.807) is 7.11 Å². The van der Waals surface area contributed by atoms with Gasteiger partial charge in [0.25, 0.3) is 0 Å². The molecule has 4 nitrogen and oxygen atoms in total. The molecule has 0 spiro atoms. The maximum Gasteiger partial charge on any atom is 0.223 e.